The fourth-order valence-corrected chi connectivity index (χ4v) is 6.03. The van der Waals surface area contributed by atoms with Gasteiger partial charge < -0.3 is 14.7 Å². The lowest BCUT2D eigenvalue weighted by atomic mass is 9.62. The Morgan fingerprint density at radius 1 is 0.865 bits per heavy atom. The van der Waals surface area contributed by atoms with Crippen molar-refractivity contribution in [3.05, 3.63) is 138 Å². The minimum atomic E-state index is -1.64. The van der Waals surface area contributed by atoms with Crippen molar-refractivity contribution in [1.29, 1.82) is 0 Å². The van der Waals surface area contributed by atoms with Crippen LogP contribution in [-0.2, 0) is 16.8 Å². The zero-order chi connectivity index (χ0) is 25.5. The van der Waals surface area contributed by atoms with Gasteiger partial charge >= 0.3 is 0 Å². The minimum absolute atomic E-state index is 0.104. The molecule has 1 amide bonds. The molecule has 2 heterocycles. The molecule has 2 aliphatic rings. The van der Waals surface area contributed by atoms with E-state index in [1.54, 1.807) is 12.0 Å². The van der Waals surface area contributed by atoms with Gasteiger partial charge in [0.1, 0.15) is 11.2 Å². The van der Waals surface area contributed by atoms with E-state index in [-0.39, 0.29) is 12.5 Å². The number of likely N-dealkylation sites (tertiary alicyclic amines) is 1. The monoisotopic (exact) mass is 488 g/mol. The molecule has 1 N–H and O–H groups in total. The average Bonchev–Trinajstić information content (AvgIpc) is 3.34. The summed E-state index contributed by atoms with van der Waals surface area (Å²) in [5, 5.41) is 12.4. The second-order valence-corrected chi connectivity index (χ2v) is 9.71. The molecule has 0 unspecified atom stereocenters. The molecule has 5 nitrogen and oxygen atoms in total. The highest BCUT2D eigenvalue weighted by molar-refractivity contribution is 6.14. The zero-order valence-electron chi connectivity index (χ0n) is 20.6. The van der Waals surface area contributed by atoms with Crippen LogP contribution in [0.3, 0.4) is 0 Å². The third-order valence-electron chi connectivity index (χ3n) is 7.64. The van der Waals surface area contributed by atoms with Gasteiger partial charge in [-0.15, -0.1) is 0 Å². The molecule has 0 radical (unpaired) electrons. The van der Waals surface area contributed by atoms with Crippen LogP contribution in [0.15, 0.2) is 120 Å². The molecule has 6 rings (SSSR count). The molecule has 3 atom stereocenters. The molecule has 0 saturated carbocycles. The Kier molecular flexibility index (Phi) is 5.65. The Labute approximate surface area is 216 Å². The second-order valence-electron chi connectivity index (χ2n) is 9.71. The molecular weight excluding hydrogens is 460 g/mol. The van der Waals surface area contributed by atoms with Gasteiger partial charge in [-0.25, -0.2) is 0 Å². The minimum Gasteiger partial charge on any atom is -0.497 e. The Bertz CT molecular complexity index is 1440. The van der Waals surface area contributed by atoms with E-state index in [1.807, 2.05) is 115 Å². The first-order valence-corrected chi connectivity index (χ1v) is 12.5. The first kappa shape index (κ1) is 23.2. The SMILES string of the molecule is COc1ccc(CN2C[C@@]3(O)N=C(c4ccccc4)[C@H](c4ccccc4)[C@@]3(c3ccccc3)C2=O)cc1. The second kappa shape index (κ2) is 9.02. The largest absolute Gasteiger partial charge is 0.497 e. The van der Waals surface area contributed by atoms with Gasteiger partial charge in [-0.3, -0.25) is 9.79 Å². The zero-order valence-corrected chi connectivity index (χ0v) is 20.6. The number of nitrogens with zero attached hydrogens (tertiary/aromatic N) is 2. The van der Waals surface area contributed by atoms with E-state index in [1.165, 1.54) is 0 Å². The van der Waals surface area contributed by atoms with Crippen molar-refractivity contribution >= 4 is 11.6 Å². The van der Waals surface area contributed by atoms with Gasteiger partial charge in [0, 0.05) is 6.54 Å². The fourth-order valence-electron chi connectivity index (χ4n) is 6.03. The van der Waals surface area contributed by atoms with Crippen LogP contribution in [0.4, 0.5) is 0 Å². The lowest BCUT2D eigenvalue weighted by Crippen LogP contribution is -2.52. The molecule has 0 aromatic heterocycles. The van der Waals surface area contributed by atoms with Crippen molar-refractivity contribution in [2.24, 2.45) is 4.99 Å². The van der Waals surface area contributed by atoms with Crippen LogP contribution >= 0.6 is 0 Å². The van der Waals surface area contributed by atoms with E-state index < -0.39 is 17.1 Å². The number of methoxy groups -OCH3 is 1. The number of amides is 1. The number of hydrogen-bond acceptors (Lipinski definition) is 4. The quantitative estimate of drug-likeness (QED) is 0.418. The maximum absolute atomic E-state index is 14.7. The number of benzene rings is 4. The molecular formula is C32H28N2O3. The summed E-state index contributed by atoms with van der Waals surface area (Å²) in [7, 11) is 1.63. The molecule has 0 spiro atoms. The third kappa shape index (κ3) is 3.58. The summed E-state index contributed by atoms with van der Waals surface area (Å²) < 4.78 is 5.29. The summed E-state index contributed by atoms with van der Waals surface area (Å²) in [6, 6.07) is 37.2. The predicted molar refractivity (Wildman–Crippen MR) is 144 cm³/mol. The van der Waals surface area contributed by atoms with E-state index in [0.717, 1.165) is 33.7 Å². The van der Waals surface area contributed by atoms with Gasteiger partial charge in [-0.1, -0.05) is 103 Å². The number of aliphatic imine (C=N–C) groups is 1. The summed E-state index contributed by atoms with van der Waals surface area (Å²) in [5.74, 6) is 0.173. The topological polar surface area (TPSA) is 62.1 Å². The lowest BCUT2D eigenvalue weighted by Gasteiger charge is -2.37. The van der Waals surface area contributed by atoms with Crippen molar-refractivity contribution in [2.75, 3.05) is 13.7 Å². The molecule has 1 fully saturated rings. The van der Waals surface area contributed by atoms with Gasteiger partial charge in [-0.2, -0.15) is 0 Å². The number of hydrogen-bond donors (Lipinski definition) is 1. The number of carbonyl (C=O) groups excluding carboxylic acids is 1. The Hall–Kier alpha value is -4.22. The normalized spacial score (nSPS) is 24.6. The molecule has 0 aliphatic carbocycles. The molecule has 1 saturated heterocycles. The fraction of sp³-hybridized carbons (Fsp3) is 0.188. The number of β-amino-alcohol motifs (C(OH)–C–C–N with tert-alkyl or cyclic N) is 1. The van der Waals surface area contributed by atoms with Gasteiger partial charge in [-0.05, 0) is 34.4 Å². The Morgan fingerprint density at radius 2 is 1.46 bits per heavy atom. The van der Waals surface area contributed by atoms with Crippen LogP contribution in [0.25, 0.3) is 0 Å². The lowest BCUT2D eigenvalue weighted by molar-refractivity contribution is -0.135. The number of ether oxygens (including phenoxy) is 1. The molecule has 5 heteroatoms. The average molecular weight is 489 g/mol. The van der Waals surface area contributed by atoms with Crippen molar-refractivity contribution in [3.8, 4) is 5.75 Å². The molecule has 37 heavy (non-hydrogen) atoms. The standard InChI is InChI=1S/C32H28N2O3/c1-37-27-19-17-23(18-20-27)21-34-22-31(36)32(30(34)35,26-15-9-4-10-16-26)28(24-11-5-2-6-12-24)29(33-31)25-13-7-3-8-14-25/h2-20,28,36H,21-22H2,1H3/t28-,31-,32-/m0/s1. The van der Waals surface area contributed by atoms with Crippen molar-refractivity contribution < 1.29 is 14.6 Å². The van der Waals surface area contributed by atoms with Crippen LogP contribution in [0.2, 0.25) is 0 Å². The van der Waals surface area contributed by atoms with E-state index in [0.29, 0.717) is 6.54 Å². The van der Waals surface area contributed by atoms with Crippen LogP contribution < -0.4 is 4.74 Å². The van der Waals surface area contributed by atoms with E-state index in [2.05, 4.69) is 0 Å². The first-order valence-electron chi connectivity index (χ1n) is 12.5. The highest BCUT2D eigenvalue weighted by Gasteiger charge is 2.72. The first-order chi connectivity index (χ1) is 18.1. The van der Waals surface area contributed by atoms with Gasteiger partial charge in [0.25, 0.3) is 0 Å². The Balaban J connectivity index is 1.54. The van der Waals surface area contributed by atoms with Gasteiger partial charge in [0.15, 0.2) is 5.72 Å². The van der Waals surface area contributed by atoms with Crippen LogP contribution in [0.1, 0.15) is 28.2 Å². The predicted octanol–water partition coefficient (Wildman–Crippen LogP) is 4.95. The molecule has 2 aliphatic heterocycles. The van der Waals surface area contributed by atoms with Crippen molar-refractivity contribution in [1.82, 2.24) is 4.90 Å². The van der Waals surface area contributed by atoms with Crippen molar-refractivity contribution in [2.45, 2.75) is 23.6 Å². The summed E-state index contributed by atoms with van der Waals surface area (Å²) in [4.78, 5) is 21.4. The molecule has 4 aromatic rings. The van der Waals surface area contributed by atoms with E-state index in [4.69, 9.17) is 9.73 Å². The summed E-state index contributed by atoms with van der Waals surface area (Å²) >= 11 is 0. The van der Waals surface area contributed by atoms with Crippen LogP contribution in [0.5, 0.6) is 5.75 Å². The summed E-state index contributed by atoms with van der Waals surface area (Å²) in [6.45, 7) is 0.476. The maximum atomic E-state index is 14.7. The van der Waals surface area contributed by atoms with Gasteiger partial charge in [0.05, 0.1) is 25.3 Å². The van der Waals surface area contributed by atoms with E-state index >= 15 is 0 Å². The molecule has 0 bridgehead atoms. The third-order valence-corrected chi connectivity index (χ3v) is 7.64. The number of rotatable bonds is 6. The number of fused-ring (bicyclic) bond motifs is 1. The number of carbonyl (C=O) groups is 1. The highest BCUT2D eigenvalue weighted by atomic mass is 16.5. The summed E-state index contributed by atoms with van der Waals surface area (Å²) in [5.41, 5.74) is 1.38. The molecule has 4 aromatic carbocycles. The highest BCUT2D eigenvalue weighted by Crippen LogP contribution is 2.58. The Morgan fingerprint density at radius 3 is 2.08 bits per heavy atom. The van der Waals surface area contributed by atoms with Crippen molar-refractivity contribution in [3.63, 3.8) is 0 Å². The van der Waals surface area contributed by atoms with Gasteiger partial charge in [0.2, 0.25) is 5.91 Å². The van der Waals surface area contributed by atoms with Crippen LogP contribution in [-0.4, -0.2) is 41.0 Å². The summed E-state index contributed by atoms with van der Waals surface area (Å²) in [6.07, 6.45) is 0. The maximum Gasteiger partial charge on any atom is 0.239 e. The number of aliphatic hydroxyl groups is 1. The molecule has 184 valence electrons. The van der Waals surface area contributed by atoms with Crippen LogP contribution in [0, 0.1) is 0 Å². The smallest absolute Gasteiger partial charge is 0.239 e. The van der Waals surface area contributed by atoms with E-state index in [9.17, 15) is 9.90 Å².